The van der Waals surface area contributed by atoms with E-state index in [0.717, 1.165) is 18.4 Å². The molecule has 0 unspecified atom stereocenters. The van der Waals surface area contributed by atoms with Crippen molar-refractivity contribution in [1.82, 2.24) is 0 Å². The number of carbonyl (C=O) groups excluding carboxylic acids is 1. The van der Waals surface area contributed by atoms with Gasteiger partial charge in [-0.1, -0.05) is 29.9 Å². The van der Waals surface area contributed by atoms with Crippen molar-refractivity contribution in [3.05, 3.63) is 28.8 Å². The van der Waals surface area contributed by atoms with E-state index in [1.807, 2.05) is 13.0 Å². The van der Waals surface area contributed by atoms with Gasteiger partial charge in [-0.15, -0.1) is 0 Å². The summed E-state index contributed by atoms with van der Waals surface area (Å²) in [6.07, 6.45) is 1.44. The molecule has 0 spiro atoms. The van der Waals surface area contributed by atoms with Gasteiger partial charge in [0.05, 0.1) is 21.1 Å². The van der Waals surface area contributed by atoms with E-state index in [2.05, 4.69) is 5.32 Å². The van der Waals surface area contributed by atoms with E-state index in [1.54, 1.807) is 12.1 Å². The van der Waals surface area contributed by atoms with E-state index in [1.165, 1.54) is 0 Å². The molecule has 5 heteroatoms. The van der Waals surface area contributed by atoms with Gasteiger partial charge in [-0.3, -0.25) is 4.79 Å². The lowest BCUT2D eigenvalue weighted by molar-refractivity contribution is -0.118. The van der Waals surface area contributed by atoms with Gasteiger partial charge in [0, 0.05) is 0 Å². The summed E-state index contributed by atoms with van der Waals surface area (Å²) in [5.41, 5.74) is 6.58. The van der Waals surface area contributed by atoms with Crippen LogP contribution in [0.15, 0.2) is 18.2 Å². The molecule has 1 aromatic carbocycles. The summed E-state index contributed by atoms with van der Waals surface area (Å²) in [5.74, 6) is -0.157. The first-order valence-corrected chi connectivity index (χ1v) is 6.12. The second kappa shape index (κ2) is 4.27. The Morgan fingerprint density at radius 2 is 2.18 bits per heavy atom. The lowest BCUT2D eigenvalue weighted by atomic mass is 10.1. The summed E-state index contributed by atoms with van der Waals surface area (Å²) in [7, 11) is 0. The first-order valence-electron chi connectivity index (χ1n) is 5.33. The molecule has 0 heterocycles. The standard InChI is InChI=1S/C12H13ClN2OS/c1-7-2-3-9(8(13)6-7)15-11(16)12(4-5-12)10(14)17/h2-3,6H,4-5H2,1H3,(H2,14,17)(H,15,16). The van der Waals surface area contributed by atoms with Crippen molar-refractivity contribution in [1.29, 1.82) is 0 Å². The zero-order valence-electron chi connectivity index (χ0n) is 9.42. The summed E-state index contributed by atoms with van der Waals surface area (Å²) in [5, 5.41) is 3.31. The van der Waals surface area contributed by atoms with Crippen LogP contribution in [0.3, 0.4) is 0 Å². The van der Waals surface area contributed by atoms with Crippen LogP contribution in [-0.4, -0.2) is 10.9 Å². The molecule has 0 radical (unpaired) electrons. The van der Waals surface area contributed by atoms with Gasteiger partial charge in [0.25, 0.3) is 0 Å². The monoisotopic (exact) mass is 268 g/mol. The Balaban J connectivity index is 2.17. The van der Waals surface area contributed by atoms with Crippen molar-refractivity contribution in [2.75, 3.05) is 5.32 Å². The van der Waals surface area contributed by atoms with Gasteiger partial charge >= 0.3 is 0 Å². The molecule has 17 heavy (non-hydrogen) atoms. The molecule has 0 aliphatic heterocycles. The minimum atomic E-state index is -0.649. The zero-order chi connectivity index (χ0) is 12.6. The molecule has 1 amide bonds. The van der Waals surface area contributed by atoms with Gasteiger partial charge in [0.15, 0.2) is 0 Å². The maximum Gasteiger partial charge on any atom is 0.237 e. The third kappa shape index (κ3) is 2.28. The predicted octanol–water partition coefficient (Wildman–Crippen LogP) is 2.65. The second-order valence-electron chi connectivity index (χ2n) is 4.38. The number of amides is 1. The summed E-state index contributed by atoms with van der Waals surface area (Å²) in [4.78, 5) is 12.3. The van der Waals surface area contributed by atoms with Crippen LogP contribution in [-0.2, 0) is 4.79 Å². The van der Waals surface area contributed by atoms with Crippen molar-refractivity contribution in [2.45, 2.75) is 19.8 Å². The molecule has 0 atom stereocenters. The highest BCUT2D eigenvalue weighted by Gasteiger charge is 2.52. The van der Waals surface area contributed by atoms with Gasteiger partial charge in [0.1, 0.15) is 0 Å². The molecule has 1 saturated carbocycles. The molecule has 2 rings (SSSR count). The fourth-order valence-corrected chi connectivity index (χ4v) is 2.25. The largest absolute Gasteiger partial charge is 0.392 e. The lowest BCUT2D eigenvalue weighted by Gasteiger charge is -2.14. The second-order valence-corrected chi connectivity index (χ2v) is 5.23. The number of carbonyl (C=O) groups is 1. The van der Waals surface area contributed by atoms with Crippen LogP contribution in [0.5, 0.6) is 0 Å². The molecule has 90 valence electrons. The molecular weight excluding hydrogens is 256 g/mol. The Kier molecular flexibility index (Phi) is 3.10. The van der Waals surface area contributed by atoms with Gasteiger partial charge in [-0.25, -0.2) is 0 Å². The maximum atomic E-state index is 12.0. The summed E-state index contributed by atoms with van der Waals surface area (Å²) in [6.45, 7) is 1.94. The fourth-order valence-electron chi connectivity index (χ4n) is 1.67. The highest BCUT2D eigenvalue weighted by Crippen LogP contribution is 2.47. The Hall–Kier alpha value is -1.13. The number of hydrogen-bond acceptors (Lipinski definition) is 2. The number of halogens is 1. The predicted molar refractivity (Wildman–Crippen MR) is 73.3 cm³/mol. The maximum absolute atomic E-state index is 12.0. The first-order chi connectivity index (χ1) is 7.95. The molecule has 1 aliphatic rings. The van der Waals surface area contributed by atoms with E-state index >= 15 is 0 Å². The van der Waals surface area contributed by atoms with Crippen molar-refractivity contribution >= 4 is 40.4 Å². The van der Waals surface area contributed by atoms with Gasteiger partial charge in [-0.2, -0.15) is 0 Å². The summed E-state index contributed by atoms with van der Waals surface area (Å²) < 4.78 is 0. The highest BCUT2D eigenvalue weighted by molar-refractivity contribution is 7.80. The minimum absolute atomic E-state index is 0.157. The topological polar surface area (TPSA) is 55.1 Å². The van der Waals surface area contributed by atoms with Crippen LogP contribution >= 0.6 is 23.8 Å². The molecule has 0 saturated heterocycles. The molecule has 3 N–H and O–H groups in total. The van der Waals surface area contributed by atoms with Crippen molar-refractivity contribution in [2.24, 2.45) is 11.1 Å². The van der Waals surface area contributed by atoms with Crippen LogP contribution < -0.4 is 11.1 Å². The molecule has 3 nitrogen and oxygen atoms in total. The van der Waals surface area contributed by atoms with Crippen LogP contribution in [0.25, 0.3) is 0 Å². The summed E-state index contributed by atoms with van der Waals surface area (Å²) >= 11 is 11.0. The van der Waals surface area contributed by atoms with E-state index in [-0.39, 0.29) is 10.9 Å². The van der Waals surface area contributed by atoms with Gasteiger partial charge in [0.2, 0.25) is 5.91 Å². The number of hydrogen-bond donors (Lipinski definition) is 2. The van der Waals surface area contributed by atoms with Crippen molar-refractivity contribution in [3.8, 4) is 0 Å². The fraction of sp³-hybridized carbons (Fsp3) is 0.333. The Morgan fingerprint density at radius 3 is 2.65 bits per heavy atom. The van der Waals surface area contributed by atoms with Gasteiger partial charge in [-0.05, 0) is 37.5 Å². The van der Waals surface area contributed by atoms with Crippen LogP contribution in [0.2, 0.25) is 5.02 Å². The SMILES string of the molecule is Cc1ccc(NC(=O)C2(C(N)=S)CC2)c(Cl)c1. The number of anilines is 1. The third-order valence-corrected chi connectivity index (χ3v) is 3.73. The van der Waals surface area contributed by atoms with E-state index in [4.69, 9.17) is 29.6 Å². The Labute approximate surface area is 110 Å². The Morgan fingerprint density at radius 1 is 1.53 bits per heavy atom. The molecule has 0 bridgehead atoms. The molecule has 1 aliphatic carbocycles. The number of thiocarbonyl (C=S) groups is 1. The summed E-state index contributed by atoms with van der Waals surface area (Å²) in [6, 6.07) is 5.48. The van der Waals surface area contributed by atoms with Crippen LogP contribution in [0, 0.1) is 12.3 Å². The number of nitrogens with two attached hydrogens (primary N) is 1. The molecule has 0 aromatic heterocycles. The number of aryl methyl sites for hydroxylation is 1. The minimum Gasteiger partial charge on any atom is -0.392 e. The third-order valence-electron chi connectivity index (χ3n) is 3.03. The van der Waals surface area contributed by atoms with E-state index in [9.17, 15) is 4.79 Å². The number of nitrogens with one attached hydrogen (secondary N) is 1. The number of benzene rings is 1. The smallest absolute Gasteiger partial charge is 0.237 e. The quantitative estimate of drug-likeness (QED) is 0.829. The first kappa shape index (κ1) is 12.3. The zero-order valence-corrected chi connectivity index (χ0v) is 11.0. The number of rotatable bonds is 3. The molecular formula is C12H13ClN2OS. The average molecular weight is 269 g/mol. The Bertz CT molecular complexity index is 497. The molecule has 1 aromatic rings. The van der Waals surface area contributed by atoms with Crippen molar-refractivity contribution in [3.63, 3.8) is 0 Å². The highest BCUT2D eigenvalue weighted by atomic mass is 35.5. The normalized spacial score (nSPS) is 16.4. The van der Waals surface area contributed by atoms with Gasteiger partial charge < -0.3 is 11.1 Å². The van der Waals surface area contributed by atoms with E-state index in [0.29, 0.717) is 10.7 Å². The van der Waals surface area contributed by atoms with Crippen molar-refractivity contribution < 1.29 is 4.79 Å². The lowest BCUT2D eigenvalue weighted by Crippen LogP contribution is -2.35. The van der Waals surface area contributed by atoms with E-state index < -0.39 is 5.41 Å². The average Bonchev–Trinajstić information content (AvgIpc) is 3.02. The van der Waals surface area contributed by atoms with Crippen LogP contribution in [0.4, 0.5) is 5.69 Å². The van der Waals surface area contributed by atoms with Crippen LogP contribution in [0.1, 0.15) is 18.4 Å². The molecule has 1 fully saturated rings.